The van der Waals surface area contributed by atoms with E-state index in [2.05, 4.69) is 4.72 Å². The van der Waals surface area contributed by atoms with Crippen LogP contribution in [0, 0.1) is 0 Å². The van der Waals surface area contributed by atoms with Crippen LogP contribution in [0.15, 0.2) is 88.7 Å². The summed E-state index contributed by atoms with van der Waals surface area (Å²) in [6.07, 6.45) is 0. The van der Waals surface area contributed by atoms with Crippen LogP contribution in [0.1, 0.15) is 0 Å². The van der Waals surface area contributed by atoms with Crippen LogP contribution in [0.2, 0.25) is 0 Å². The summed E-state index contributed by atoms with van der Waals surface area (Å²) in [6.45, 7) is 1.25. The molecule has 1 aliphatic heterocycles. The van der Waals surface area contributed by atoms with Crippen molar-refractivity contribution in [2.24, 2.45) is 0 Å². The predicted molar refractivity (Wildman–Crippen MR) is 119 cm³/mol. The smallest absolute Gasteiger partial charge is 0.261 e. The van der Waals surface area contributed by atoms with E-state index in [-0.39, 0.29) is 22.9 Å². The van der Waals surface area contributed by atoms with E-state index in [1.165, 1.54) is 28.6 Å². The normalized spacial score (nSPS) is 15.5. The number of hydrogen-bond donors (Lipinski definition) is 1. The molecular formula is C22H22N2O5S2. The molecule has 3 aromatic carbocycles. The van der Waals surface area contributed by atoms with Gasteiger partial charge in [0.05, 0.1) is 23.0 Å². The van der Waals surface area contributed by atoms with Gasteiger partial charge < -0.3 is 4.74 Å². The molecule has 162 valence electrons. The monoisotopic (exact) mass is 458 g/mol. The fourth-order valence-corrected chi connectivity index (χ4v) is 5.77. The van der Waals surface area contributed by atoms with Gasteiger partial charge in [0.2, 0.25) is 10.0 Å². The molecule has 4 rings (SSSR count). The maximum absolute atomic E-state index is 12.7. The zero-order valence-electron chi connectivity index (χ0n) is 16.6. The maximum atomic E-state index is 12.7. The van der Waals surface area contributed by atoms with Gasteiger partial charge in [-0.25, -0.2) is 16.8 Å². The molecule has 1 N–H and O–H groups in total. The number of ether oxygens (including phenoxy) is 1. The summed E-state index contributed by atoms with van der Waals surface area (Å²) in [4.78, 5) is 0.0427. The molecule has 1 aliphatic rings. The van der Waals surface area contributed by atoms with Crippen LogP contribution in [0.3, 0.4) is 0 Å². The van der Waals surface area contributed by atoms with Gasteiger partial charge in [0.15, 0.2) is 0 Å². The fourth-order valence-electron chi connectivity index (χ4n) is 3.30. The Bertz CT molecular complexity index is 1240. The molecule has 0 bridgehead atoms. The molecule has 7 nitrogen and oxygen atoms in total. The Labute approximate surface area is 182 Å². The molecule has 0 unspecified atom stereocenters. The number of benzene rings is 3. The van der Waals surface area contributed by atoms with E-state index >= 15 is 0 Å². The van der Waals surface area contributed by atoms with Crippen molar-refractivity contribution in [3.63, 3.8) is 0 Å². The van der Waals surface area contributed by atoms with Gasteiger partial charge in [-0.15, -0.1) is 0 Å². The van der Waals surface area contributed by atoms with Crippen molar-refractivity contribution >= 4 is 25.7 Å². The second-order valence-corrected chi connectivity index (χ2v) is 10.7. The first-order valence-electron chi connectivity index (χ1n) is 9.72. The number of nitrogens with one attached hydrogen (secondary N) is 1. The van der Waals surface area contributed by atoms with Gasteiger partial charge in [0, 0.05) is 18.8 Å². The van der Waals surface area contributed by atoms with Crippen LogP contribution in [0.25, 0.3) is 11.1 Å². The zero-order chi connectivity index (χ0) is 21.9. The fraction of sp³-hybridized carbons (Fsp3) is 0.182. The van der Waals surface area contributed by atoms with Crippen LogP contribution in [-0.4, -0.2) is 47.4 Å². The summed E-state index contributed by atoms with van der Waals surface area (Å²) < 4.78 is 59.9. The Morgan fingerprint density at radius 1 is 0.677 bits per heavy atom. The topological polar surface area (TPSA) is 92.8 Å². The summed E-state index contributed by atoms with van der Waals surface area (Å²) in [7, 11) is -7.53. The molecule has 0 aromatic heterocycles. The Morgan fingerprint density at radius 2 is 1.23 bits per heavy atom. The summed E-state index contributed by atoms with van der Waals surface area (Å²) >= 11 is 0. The first-order chi connectivity index (χ1) is 14.9. The van der Waals surface area contributed by atoms with E-state index in [0.717, 1.165) is 11.1 Å². The second kappa shape index (κ2) is 8.80. The van der Waals surface area contributed by atoms with Crippen molar-refractivity contribution in [2.45, 2.75) is 9.79 Å². The van der Waals surface area contributed by atoms with Crippen molar-refractivity contribution in [3.8, 4) is 11.1 Å². The minimum Gasteiger partial charge on any atom is -0.379 e. The zero-order valence-corrected chi connectivity index (χ0v) is 18.3. The van der Waals surface area contributed by atoms with Gasteiger partial charge in [-0.1, -0.05) is 42.5 Å². The number of sulfonamides is 2. The molecule has 0 aliphatic carbocycles. The summed E-state index contributed by atoms with van der Waals surface area (Å²) in [6, 6.07) is 22.1. The number of morpholine rings is 1. The molecule has 0 spiro atoms. The molecule has 0 atom stereocenters. The highest BCUT2D eigenvalue weighted by atomic mass is 32.2. The number of anilines is 1. The Morgan fingerprint density at radius 3 is 1.84 bits per heavy atom. The van der Waals surface area contributed by atoms with E-state index in [9.17, 15) is 16.8 Å². The van der Waals surface area contributed by atoms with Gasteiger partial charge in [0.1, 0.15) is 0 Å². The van der Waals surface area contributed by atoms with Crippen molar-refractivity contribution < 1.29 is 21.6 Å². The predicted octanol–water partition coefficient (Wildman–Crippen LogP) is 3.18. The number of hydrogen-bond acceptors (Lipinski definition) is 5. The summed E-state index contributed by atoms with van der Waals surface area (Å²) in [5.41, 5.74) is 2.43. The van der Waals surface area contributed by atoms with E-state index in [4.69, 9.17) is 4.74 Å². The molecular weight excluding hydrogens is 436 g/mol. The molecule has 3 aromatic rings. The van der Waals surface area contributed by atoms with E-state index in [0.29, 0.717) is 18.9 Å². The lowest BCUT2D eigenvalue weighted by Gasteiger charge is -2.26. The number of rotatable bonds is 6. The Hall–Kier alpha value is -2.72. The minimum absolute atomic E-state index is 0.0134. The van der Waals surface area contributed by atoms with Crippen molar-refractivity contribution in [1.82, 2.24) is 4.31 Å². The van der Waals surface area contributed by atoms with Crippen molar-refractivity contribution in [1.29, 1.82) is 0 Å². The highest BCUT2D eigenvalue weighted by molar-refractivity contribution is 7.92. The van der Waals surface area contributed by atoms with E-state index in [1.54, 1.807) is 12.1 Å². The van der Waals surface area contributed by atoms with Gasteiger partial charge >= 0.3 is 0 Å². The number of nitrogens with zero attached hydrogens (tertiary/aromatic N) is 1. The largest absolute Gasteiger partial charge is 0.379 e. The van der Waals surface area contributed by atoms with Crippen molar-refractivity contribution in [3.05, 3.63) is 78.9 Å². The van der Waals surface area contributed by atoms with Crippen LogP contribution in [0.4, 0.5) is 5.69 Å². The molecule has 0 saturated carbocycles. The molecule has 9 heteroatoms. The first kappa shape index (κ1) is 21.5. The average Bonchev–Trinajstić information content (AvgIpc) is 2.80. The van der Waals surface area contributed by atoms with E-state index < -0.39 is 20.0 Å². The average molecular weight is 459 g/mol. The molecule has 1 fully saturated rings. The van der Waals surface area contributed by atoms with Crippen LogP contribution in [0.5, 0.6) is 0 Å². The summed E-state index contributed by atoms with van der Waals surface area (Å²) in [5, 5.41) is 0. The quantitative estimate of drug-likeness (QED) is 0.613. The molecule has 0 radical (unpaired) electrons. The highest BCUT2D eigenvalue weighted by Gasteiger charge is 2.26. The van der Waals surface area contributed by atoms with Gasteiger partial charge in [0.25, 0.3) is 10.0 Å². The molecule has 31 heavy (non-hydrogen) atoms. The maximum Gasteiger partial charge on any atom is 0.261 e. The molecule has 1 saturated heterocycles. The SMILES string of the molecule is O=S(=O)(Nc1ccc(-c2ccccc2)cc1)c1ccc(S(=O)(=O)N2CCOCC2)cc1. The lowest BCUT2D eigenvalue weighted by molar-refractivity contribution is 0.0730. The third-order valence-electron chi connectivity index (χ3n) is 4.99. The molecule has 1 heterocycles. The Kier molecular flexibility index (Phi) is 6.10. The Balaban J connectivity index is 1.50. The first-order valence-corrected chi connectivity index (χ1v) is 12.6. The van der Waals surface area contributed by atoms with Crippen LogP contribution >= 0.6 is 0 Å². The highest BCUT2D eigenvalue weighted by Crippen LogP contribution is 2.24. The van der Waals surface area contributed by atoms with Crippen LogP contribution < -0.4 is 4.72 Å². The minimum atomic E-state index is -3.86. The molecule has 0 amide bonds. The van der Waals surface area contributed by atoms with Gasteiger partial charge in [-0.3, -0.25) is 4.72 Å². The van der Waals surface area contributed by atoms with E-state index in [1.807, 2.05) is 42.5 Å². The van der Waals surface area contributed by atoms with Crippen LogP contribution in [-0.2, 0) is 24.8 Å². The third kappa shape index (κ3) is 4.80. The second-order valence-electron chi connectivity index (χ2n) is 7.04. The van der Waals surface area contributed by atoms with Crippen molar-refractivity contribution in [2.75, 3.05) is 31.0 Å². The van der Waals surface area contributed by atoms with Gasteiger partial charge in [-0.2, -0.15) is 4.31 Å². The standard InChI is InChI=1S/C22H22N2O5S2/c25-30(26,23-20-8-6-19(7-9-20)18-4-2-1-3-5-18)21-10-12-22(13-11-21)31(27,28)24-14-16-29-17-15-24/h1-13,23H,14-17H2. The lowest BCUT2D eigenvalue weighted by atomic mass is 10.1. The lowest BCUT2D eigenvalue weighted by Crippen LogP contribution is -2.40. The third-order valence-corrected chi connectivity index (χ3v) is 8.30. The summed E-state index contributed by atoms with van der Waals surface area (Å²) in [5.74, 6) is 0. The van der Waals surface area contributed by atoms with Gasteiger partial charge in [-0.05, 0) is 47.5 Å².